The molecule has 3 N–H and O–H groups in total. The number of amides is 2. The molecule has 0 saturated heterocycles. The molecule has 0 aromatic heterocycles. The zero-order valence-corrected chi connectivity index (χ0v) is 22.7. The van der Waals surface area contributed by atoms with Gasteiger partial charge in [-0.05, 0) is 53.6 Å². The molecule has 1 aliphatic heterocycles. The molecular formula is C33H38N2O5. The summed E-state index contributed by atoms with van der Waals surface area (Å²) in [6.45, 7) is 4.28. The van der Waals surface area contributed by atoms with Crippen LogP contribution in [0.2, 0.25) is 0 Å². The third-order valence-corrected chi connectivity index (χ3v) is 7.35. The lowest BCUT2D eigenvalue weighted by atomic mass is 9.92. The summed E-state index contributed by atoms with van der Waals surface area (Å²) in [7, 11) is 0. The van der Waals surface area contributed by atoms with Crippen LogP contribution in [0.25, 0.3) is 0 Å². The number of allylic oxidation sites excluding steroid dienone is 1. The number of benzene rings is 3. The van der Waals surface area contributed by atoms with Gasteiger partial charge in [0.2, 0.25) is 11.8 Å². The van der Waals surface area contributed by atoms with E-state index in [4.69, 9.17) is 4.74 Å². The molecule has 0 bridgehead atoms. The Labute approximate surface area is 236 Å². The van der Waals surface area contributed by atoms with Crippen molar-refractivity contribution in [2.75, 3.05) is 13.2 Å². The van der Waals surface area contributed by atoms with Gasteiger partial charge in [0, 0.05) is 13.0 Å². The van der Waals surface area contributed by atoms with E-state index in [-0.39, 0.29) is 37.5 Å². The number of nitrogens with one attached hydrogen (secondary N) is 1. The average Bonchev–Trinajstić information content (AvgIpc) is 2.99. The van der Waals surface area contributed by atoms with Crippen molar-refractivity contribution < 1.29 is 24.5 Å². The maximum Gasteiger partial charge on any atom is 0.224 e. The largest absolute Gasteiger partial charge is 0.489 e. The molecular weight excluding hydrogens is 504 g/mol. The third-order valence-electron chi connectivity index (χ3n) is 7.35. The first-order chi connectivity index (χ1) is 19.5. The van der Waals surface area contributed by atoms with Crippen LogP contribution in [-0.4, -0.2) is 52.2 Å². The molecule has 3 aromatic carbocycles. The van der Waals surface area contributed by atoms with Gasteiger partial charge in [0.05, 0.1) is 31.2 Å². The summed E-state index contributed by atoms with van der Waals surface area (Å²) in [5, 5.41) is 22.9. The molecule has 0 aliphatic carbocycles. The summed E-state index contributed by atoms with van der Waals surface area (Å²) in [4.78, 5) is 28.2. The average molecular weight is 543 g/mol. The maximum absolute atomic E-state index is 13.3. The van der Waals surface area contributed by atoms with Crippen molar-refractivity contribution in [2.45, 2.75) is 50.9 Å². The number of fused-ring (bicyclic) bond motifs is 1. The third kappa shape index (κ3) is 7.81. The SMILES string of the molecule is C=CC[C@H](CC(=O)N1Cc2ccccc2C[C@H]1CO)C(=O)N[C@H](CO)Cc1ccc(OCc2ccccc2)cc1. The van der Waals surface area contributed by atoms with Crippen LogP contribution < -0.4 is 10.1 Å². The van der Waals surface area contributed by atoms with Crippen molar-refractivity contribution in [3.8, 4) is 5.75 Å². The summed E-state index contributed by atoms with van der Waals surface area (Å²) < 4.78 is 5.84. The summed E-state index contributed by atoms with van der Waals surface area (Å²) in [5.74, 6) is -0.358. The summed E-state index contributed by atoms with van der Waals surface area (Å²) >= 11 is 0. The molecule has 7 nitrogen and oxygen atoms in total. The minimum Gasteiger partial charge on any atom is -0.489 e. The van der Waals surface area contributed by atoms with Crippen molar-refractivity contribution >= 4 is 11.8 Å². The molecule has 0 fully saturated rings. The fourth-order valence-electron chi connectivity index (χ4n) is 5.08. The van der Waals surface area contributed by atoms with E-state index in [9.17, 15) is 19.8 Å². The summed E-state index contributed by atoms with van der Waals surface area (Å²) in [6.07, 6.45) is 2.99. The van der Waals surface area contributed by atoms with Gasteiger partial charge in [0.15, 0.2) is 0 Å². The first-order valence-electron chi connectivity index (χ1n) is 13.8. The lowest BCUT2D eigenvalue weighted by molar-refractivity contribution is -0.140. The van der Waals surface area contributed by atoms with E-state index in [0.29, 0.717) is 32.4 Å². The molecule has 1 aliphatic rings. The number of rotatable bonds is 13. The predicted molar refractivity (Wildman–Crippen MR) is 154 cm³/mol. The van der Waals surface area contributed by atoms with Crippen LogP contribution in [0.4, 0.5) is 0 Å². The maximum atomic E-state index is 13.3. The van der Waals surface area contributed by atoms with Gasteiger partial charge in [0.25, 0.3) is 0 Å². The summed E-state index contributed by atoms with van der Waals surface area (Å²) in [5.41, 5.74) is 4.22. The molecule has 0 saturated carbocycles. The highest BCUT2D eigenvalue weighted by Crippen LogP contribution is 2.25. The van der Waals surface area contributed by atoms with Crippen LogP contribution in [0.5, 0.6) is 5.75 Å². The van der Waals surface area contributed by atoms with Crippen molar-refractivity contribution in [2.24, 2.45) is 5.92 Å². The number of carbonyl (C=O) groups excluding carboxylic acids is 2. The zero-order valence-electron chi connectivity index (χ0n) is 22.7. The Kier molecular flexibility index (Phi) is 10.5. The van der Waals surface area contributed by atoms with E-state index < -0.39 is 12.0 Å². The number of nitrogens with zero attached hydrogens (tertiary/aromatic N) is 1. The van der Waals surface area contributed by atoms with Crippen LogP contribution in [0.3, 0.4) is 0 Å². The number of hydrogen-bond donors (Lipinski definition) is 3. The lowest BCUT2D eigenvalue weighted by Crippen LogP contribution is -2.48. The Morgan fingerprint density at radius 2 is 1.68 bits per heavy atom. The molecule has 4 rings (SSSR count). The predicted octanol–water partition coefficient (Wildman–Crippen LogP) is 3.81. The molecule has 0 unspecified atom stereocenters. The van der Waals surface area contributed by atoms with Gasteiger partial charge in [-0.2, -0.15) is 0 Å². The molecule has 0 radical (unpaired) electrons. The molecule has 1 heterocycles. The van der Waals surface area contributed by atoms with E-state index in [0.717, 1.165) is 28.0 Å². The number of carbonyl (C=O) groups is 2. The van der Waals surface area contributed by atoms with E-state index in [1.54, 1.807) is 11.0 Å². The van der Waals surface area contributed by atoms with Gasteiger partial charge in [-0.1, -0.05) is 72.8 Å². The summed E-state index contributed by atoms with van der Waals surface area (Å²) in [6, 6.07) is 24.6. The van der Waals surface area contributed by atoms with Crippen LogP contribution in [0.15, 0.2) is 91.5 Å². The van der Waals surface area contributed by atoms with Gasteiger partial charge in [-0.15, -0.1) is 6.58 Å². The van der Waals surface area contributed by atoms with Crippen molar-refractivity contribution in [1.29, 1.82) is 0 Å². The lowest BCUT2D eigenvalue weighted by Gasteiger charge is -2.36. The van der Waals surface area contributed by atoms with Crippen molar-refractivity contribution in [3.05, 3.63) is 114 Å². The molecule has 3 atom stereocenters. The van der Waals surface area contributed by atoms with E-state index in [1.807, 2.05) is 78.9 Å². The molecule has 3 aromatic rings. The topological polar surface area (TPSA) is 99.1 Å². The minimum absolute atomic E-state index is 0.00210. The van der Waals surface area contributed by atoms with Gasteiger partial charge in [-0.3, -0.25) is 9.59 Å². The van der Waals surface area contributed by atoms with Crippen LogP contribution in [-0.2, 0) is 35.6 Å². The second-order valence-corrected chi connectivity index (χ2v) is 10.3. The Morgan fingerprint density at radius 3 is 2.35 bits per heavy atom. The Balaban J connectivity index is 1.33. The van der Waals surface area contributed by atoms with Gasteiger partial charge >= 0.3 is 0 Å². The quantitative estimate of drug-likeness (QED) is 0.285. The second kappa shape index (κ2) is 14.4. The molecule has 40 heavy (non-hydrogen) atoms. The number of aliphatic hydroxyl groups is 2. The standard InChI is InChI=1S/C33H38N2O5/c1-2-8-27(19-32(38)35-20-28-12-7-6-11-26(28)18-30(35)22-37)33(39)34-29(21-36)17-24-13-15-31(16-14-24)40-23-25-9-4-3-5-10-25/h2-7,9-16,27,29-30,36-37H,1,8,17-23H2,(H,34,39)/t27-,29+,30+/m1/s1. The van der Waals surface area contributed by atoms with Gasteiger partial charge < -0.3 is 25.2 Å². The fraction of sp³-hybridized carbons (Fsp3) is 0.333. The number of ether oxygens (including phenoxy) is 1. The van der Waals surface area contributed by atoms with Gasteiger partial charge in [-0.25, -0.2) is 0 Å². The van der Waals surface area contributed by atoms with E-state index in [2.05, 4.69) is 11.9 Å². The molecule has 210 valence electrons. The highest BCUT2D eigenvalue weighted by molar-refractivity contribution is 5.86. The van der Waals surface area contributed by atoms with Crippen LogP contribution in [0, 0.1) is 5.92 Å². The Bertz CT molecular complexity index is 1260. The smallest absolute Gasteiger partial charge is 0.224 e. The van der Waals surface area contributed by atoms with Crippen molar-refractivity contribution in [3.63, 3.8) is 0 Å². The Hall–Kier alpha value is -3.94. The minimum atomic E-state index is -0.621. The first-order valence-corrected chi connectivity index (χ1v) is 13.8. The van der Waals surface area contributed by atoms with E-state index in [1.165, 1.54) is 0 Å². The molecule has 2 amide bonds. The van der Waals surface area contributed by atoms with Gasteiger partial charge in [0.1, 0.15) is 12.4 Å². The number of aliphatic hydroxyl groups excluding tert-OH is 2. The highest BCUT2D eigenvalue weighted by atomic mass is 16.5. The normalized spacial score (nSPS) is 15.9. The molecule has 0 spiro atoms. The Morgan fingerprint density at radius 1 is 0.975 bits per heavy atom. The zero-order chi connectivity index (χ0) is 28.3. The molecule has 7 heteroatoms. The first kappa shape index (κ1) is 29.1. The van der Waals surface area contributed by atoms with Crippen LogP contribution in [0.1, 0.15) is 35.1 Å². The monoisotopic (exact) mass is 542 g/mol. The highest BCUT2D eigenvalue weighted by Gasteiger charge is 2.32. The van der Waals surface area contributed by atoms with Crippen LogP contribution >= 0.6 is 0 Å². The van der Waals surface area contributed by atoms with E-state index >= 15 is 0 Å². The number of hydrogen-bond acceptors (Lipinski definition) is 5. The second-order valence-electron chi connectivity index (χ2n) is 10.3. The van der Waals surface area contributed by atoms with Crippen molar-refractivity contribution in [1.82, 2.24) is 10.2 Å². The fourth-order valence-corrected chi connectivity index (χ4v) is 5.08.